The zero-order valence-corrected chi connectivity index (χ0v) is 18.6. The second-order valence-corrected chi connectivity index (χ2v) is 8.82. The van der Waals surface area contributed by atoms with Gasteiger partial charge in [0.2, 0.25) is 5.91 Å². The number of pyridine rings is 2. The summed E-state index contributed by atoms with van der Waals surface area (Å²) < 4.78 is 41.5. The summed E-state index contributed by atoms with van der Waals surface area (Å²) in [5.74, 6) is -3.90. The fourth-order valence-electron chi connectivity index (χ4n) is 4.83. The highest BCUT2D eigenvalue weighted by atomic mass is 19.2. The fourth-order valence-corrected chi connectivity index (χ4v) is 4.83. The minimum absolute atomic E-state index is 0.0249. The average molecular weight is 481 g/mol. The number of anilines is 2. The van der Waals surface area contributed by atoms with Crippen molar-refractivity contribution in [2.75, 3.05) is 10.2 Å². The highest BCUT2D eigenvalue weighted by molar-refractivity contribution is 5.99. The fraction of sp³-hybridized carbons (Fsp3) is 0.280. The molecule has 0 spiro atoms. The molecule has 0 unspecified atom stereocenters. The number of nitrogens with one attached hydrogen (secondary N) is 1. The van der Waals surface area contributed by atoms with Gasteiger partial charge < -0.3 is 16.0 Å². The summed E-state index contributed by atoms with van der Waals surface area (Å²) in [6.07, 6.45) is 6.10. The molecule has 2 atom stereocenters. The Labute approximate surface area is 199 Å². The Morgan fingerprint density at radius 2 is 1.83 bits per heavy atom. The van der Waals surface area contributed by atoms with Gasteiger partial charge in [0.1, 0.15) is 5.82 Å². The molecule has 7 nitrogen and oxygen atoms in total. The van der Waals surface area contributed by atoms with Gasteiger partial charge >= 0.3 is 0 Å². The number of piperidine rings is 1. The molecule has 5 rings (SSSR count). The predicted octanol–water partition coefficient (Wildman–Crippen LogP) is 3.71. The molecule has 3 N–H and O–H groups in total. The van der Waals surface area contributed by atoms with Gasteiger partial charge in [-0.1, -0.05) is 0 Å². The van der Waals surface area contributed by atoms with Crippen LogP contribution in [0.1, 0.15) is 46.6 Å². The smallest absolute Gasteiger partial charge is 0.252 e. The van der Waals surface area contributed by atoms with E-state index in [0.717, 1.165) is 31.0 Å². The van der Waals surface area contributed by atoms with Crippen LogP contribution in [0.25, 0.3) is 0 Å². The molecule has 2 bridgehead atoms. The maximum absolute atomic E-state index is 14.0. The van der Waals surface area contributed by atoms with Gasteiger partial charge in [0.15, 0.2) is 11.6 Å². The molecule has 1 aromatic carbocycles. The van der Waals surface area contributed by atoms with Crippen LogP contribution < -0.4 is 16.0 Å². The number of carbonyl (C=O) groups excluding carboxylic acids is 2. The van der Waals surface area contributed by atoms with E-state index in [0.29, 0.717) is 23.9 Å². The molecule has 1 aliphatic carbocycles. The summed E-state index contributed by atoms with van der Waals surface area (Å²) in [7, 11) is 0. The average Bonchev–Trinajstić information content (AvgIpc) is 3.44. The van der Waals surface area contributed by atoms with E-state index in [1.54, 1.807) is 6.20 Å². The van der Waals surface area contributed by atoms with Gasteiger partial charge in [0.05, 0.1) is 23.1 Å². The van der Waals surface area contributed by atoms with Crippen LogP contribution >= 0.6 is 0 Å². The van der Waals surface area contributed by atoms with E-state index in [-0.39, 0.29) is 29.1 Å². The van der Waals surface area contributed by atoms with E-state index in [2.05, 4.69) is 15.3 Å². The first kappa shape index (κ1) is 22.8. The molecule has 1 saturated heterocycles. The van der Waals surface area contributed by atoms with Crippen molar-refractivity contribution in [1.82, 2.24) is 9.97 Å². The number of halogens is 3. The van der Waals surface area contributed by atoms with Crippen LogP contribution in [0.3, 0.4) is 0 Å². The van der Waals surface area contributed by atoms with Crippen molar-refractivity contribution in [3.8, 4) is 0 Å². The zero-order valence-electron chi connectivity index (χ0n) is 18.6. The summed E-state index contributed by atoms with van der Waals surface area (Å²) >= 11 is 0. The van der Waals surface area contributed by atoms with Gasteiger partial charge in [0.25, 0.3) is 5.91 Å². The van der Waals surface area contributed by atoms with Crippen molar-refractivity contribution >= 4 is 23.2 Å². The molecule has 2 aliphatic rings. The third kappa shape index (κ3) is 4.31. The van der Waals surface area contributed by atoms with Crippen LogP contribution in [0.4, 0.5) is 24.5 Å². The lowest BCUT2D eigenvalue weighted by Crippen LogP contribution is -2.37. The molecule has 1 saturated carbocycles. The summed E-state index contributed by atoms with van der Waals surface area (Å²) in [5.41, 5.74) is 7.12. The van der Waals surface area contributed by atoms with Crippen LogP contribution in [0.15, 0.2) is 42.7 Å². The third-order valence-electron chi connectivity index (χ3n) is 6.63. The molecular weight excluding hydrogens is 459 g/mol. The van der Waals surface area contributed by atoms with E-state index < -0.39 is 35.5 Å². The summed E-state index contributed by atoms with van der Waals surface area (Å²) in [5, 5.41) is 2.76. The molecule has 1 aliphatic heterocycles. The number of hydrogen-bond donors (Lipinski definition) is 2. The molecule has 0 radical (unpaired) electrons. The Hall–Kier alpha value is -3.95. The molecule has 10 heteroatoms. The first-order chi connectivity index (χ1) is 16.8. The van der Waals surface area contributed by atoms with Crippen molar-refractivity contribution in [2.24, 2.45) is 11.7 Å². The van der Waals surface area contributed by atoms with Crippen molar-refractivity contribution in [3.63, 3.8) is 0 Å². The van der Waals surface area contributed by atoms with Gasteiger partial charge in [-0.05, 0) is 49.6 Å². The Kier molecular flexibility index (Phi) is 5.88. The van der Waals surface area contributed by atoms with Crippen LogP contribution in [-0.2, 0) is 17.8 Å². The lowest BCUT2D eigenvalue weighted by molar-refractivity contribution is -0.121. The molecule has 3 aromatic rings. The molecule has 3 heterocycles. The summed E-state index contributed by atoms with van der Waals surface area (Å²) in [6.45, 7) is -0.405. The normalized spacial score (nSPS) is 18.8. The highest BCUT2D eigenvalue weighted by Gasteiger charge is 2.45. The number of nitrogens with zero attached hydrogens (tertiary/aromatic N) is 3. The highest BCUT2D eigenvalue weighted by Crippen LogP contribution is 2.41. The van der Waals surface area contributed by atoms with E-state index in [1.165, 1.54) is 12.3 Å². The van der Waals surface area contributed by atoms with Gasteiger partial charge in [-0.25, -0.2) is 13.2 Å². The SMILES string of the molecule is NC(=O)c1cnc(Cc2ccc(N3C(=O)[C@H]4CC[C@@H]3C4)cn2)cc1NCc1c(F)ccc(F)c1F. The minimum atomic E-state index is -1.30. The van der Waals surface area contributed by atoms with Crippen molar-refractivity contribution in [3.05, 3.63) is 82.7 Å². The Morgan fingerprint density at radius 1 is 1.06 bits per heavy atom. The number of amides is 2. The van der Waals surface area contributed by atoms with E-state index in [9.17, 15) is 22.8 Å². The number of nitrogens with two attached hydrogens (primary N) is 1. The molecule has 2 fully saturated rings. The summed E-state index contributed by atoms with van der Waals surface area (Å²) in [4.78, 5) is 34.8. The Morgan fingerprint density at radius 3 is 2.51 bits per heavy atom. The van der Waals surface area contributed by atoms with Crippen LogP contribution in [0.2, 0.25) is 0 Å². The molecule has 2 aromatic heterocycles. The number of aromatic nitrogens is 2. The van der Waals surface area contributed by atoms with Crippen molar-refractivity contribution < 1.29 is 22.8 Å². The van der Waals surface area contributed by atoms with Gasteiger partial charge in [-0.15, -0.1) is 0 Å². The van der Waals surface area contributed by atoms with Crippen molar-refractivity contribution in [1.29, 1.82) is 0 Å². The second kappa shape index (κ2) is 9.01. The topological polar surface area (TPSA) is 101 Å². The van der Waals surface area contributed by atoms with Crippen LogP contribution in [0, 0.1) is 23.4 Å². The molecule has 2 amide bonds. The van der Waals surface area contributed by atoms with Crippen LogP contribution in [-0.4, -0.2) is 27.8 Å². The first-order valence-electron chi connectivity index (χ1n) is 11.2. The largest absolute Gasteiger partial charge is 0.380 e. The maximum Gasteiger partial charge on any atom is 0.252 e. The number of primary amides is 1. The summed E-state index contributed by atoms with van der Waals surface area (Å²) in [6, 6.07) is 6.98. The second-order valence-electron chi connectivity index (χ2n) is 8.82. The van der Waals surface area contributed by atoms with Gasteiger partial charge in [-0.2, -0.15) is 0 Å². The van der Waals surface area contributed by atoms with Crippen LogP contribution in [0.5, 0.6) is 0 Å². The lowest BCUT2D eigenvalue weighted by Gasteiger charge is -2.26. The van der Waals surface area contributed by atoms with Gasteiger partial charge in [0, 0.05) is 48.1 Å². The molecule has 35 heavy (non-hydrogen) atoms. The van der Waals surface area contributed by atoms with E-state index >= 15 is 0 Å². The number of benzene rings is 1. The number of carbonyl (C=O) groups is 2. The molecule has 180 valence electrons. The third-order valence-corrected chi connectivity index (χ3v) is 6.63. The van der Waals surface area contributed by atoms with E-state index in [4.69, 9.17) is 5.73 Å². The minimum Gasteiger partial charge on any atom is -0.380 e. The Balaban J connectivity index is 1.34. The number of rotatable bonds is 7. The zero-order chi connectivity index (χ0) is 24.7. The number of fused-ring (bicyclic) bond motifs is 2. The lowest BCUT2D eigenvalue weighted by atomic mass is 10.1. The maximum atomic E-state index is 14.0. The standard InChI is InChI=1S/C25H22F3N5O2/c26-20-5-6-21(27)23(28)18(20)11-32-22-9-15(31-12-19(22)24(29)34)8-14-2-4-17(10-30-14)33-16-3-1-13(7-16)25(33)35/h2,4-6,9-10,12-13,16H,1,3,7-8,11H2,(H2,29,34)(H,31,32)/t13-,16+/m0/s1. The van der Waals surface area contributed by atoms with Crippen molar-refractivity contribution in [2.45, 2.75) is 38.3 Å². The monoisotopic (exact) mass is 481 g/mol. The van der Waals surface area contributed by atoms with E-state index in [1.807, 2.05) is 17.0 Å². The first-order valence-corrected chi connectivity index (χ1v) is 11.2. The van der Waals surface area contributed by atoms with Gasteiger partial charge in [-0.3, -0.25) is 19.6 Å². The predicted molar refractivity (Wildman–Crippen MR) is 122 cm³/mol. The Bertz CT molecular complexity index is 1320. The quantitative estimate of drug-likeness (QED) is 0.501. The molecular formula is C25H22F3N5O2. The number of hydrogen-bond acceptors (Lipinski definition) is 5.